The first kappa shape index (κ1) is 15.4. The number of benzene rings is 1. The van der Waals surface area contributed by atoms with Crippen LogP contribution in [0.25, 0.3) is 10.9 Å². The minimum Gasteiger partial charge on any atom is -0.467 e. The second-order valence-electron chi connectivity index (χ2n) is 6.01. The zero-order valence-electron chi connectivity index (χ0n) is 14.2. The predicted molar refractivity (Wildman–Crippen MR) is 95.6 cm³/mol. The number of imidazole rings is 1. The van der Waals surface area contributed by atoms with Gasteiger partial charge in [-0.15, -0.1) is 0 Å². The number of aromatic nitrogens is 5. The molecule has 6 nitrogen and oxygen atoms in total. The highest BCUT2D eigenvalue weighted by molar-refractivity contribution is 5.84. The summed E-state index contributed by atoms with van der Waals surface area (Å²) in [5.74, 6) is 0.111. The van der Waals surface area contributed by atoms with Crippen LogP contribution >= 0.6 is 0 Å². The summed E-state index contributed by atoms with van der Waals surface area (Å²) in [4.78, 5) is 16.1. The van der Waals surface area contributed by atoms with Crippen LogP contribution in [0.2, 0.25) is 0 Å². The lowest BCUT2D eigenvalue weighted by Gasteiger charge is -2.18. The van der Waals surface area contributed by atoms with E-state index < -0.39 is 0 Å². The normalized spacial score (nSPS) is 12.4. The van der Waals surface area contributed by atoms with Crippen molar-refractivity contribution in [2.75, 3.05) is 7.11 Å². The molecular weight excluding hydrogens is 314 g/mol. The van der Waals surface area contributed by atoms with Crippen LogP contribution in [-0.2, 0) is 13.5 Å². The van der Waals surface area contributed by atoms with Gasteiger partial charge >= 0.3 is 6.01 Å². The number of hydrogen-bond donors (Lipinski definition) is 1. The van der Waals surface area contributed by atoms with E-state index >= 15 is 0 Å². The molecule has 0 fully saturated rings. The van der Waals surface area contributed by atoms with E-state index in [4.69, 9.17) is 4.74 Å². The topological polar surface area (TPSA) is 68.6 Å². The Balaban J connectivity index is 1.82. The summed E-state index contributed by atoms with van der Waals surface area (Å²) in [5, 5.41) is 1.23. The van der Waals surface area contributed by atoms with Crippen molar-refractivity contribution < 1.29 is 4.74 Å². The number of nitrogens with zero attached hydrogens (tertiary/aromatic N) is 4. The molecule has 4 aromatic rings. The SMILES string of the molecule is COc1nccc(C[C@@H](c2cnc[nH]2)c2cccc3ccn(C)c23)n1. The molecule has 3 heterocycles. The van der Waals surface area contributed by atoms with Crippen molar-refractivity contribution in [1.82, 2.24) is 24.5 Å². The summed E-state index contributed by atoms with van der Waals surface area (Å²) in [6.45, 7) is 0. The molecule has 0 aliphatic rings. The molecule has 25 heavy (non-hydrogen) atoms. The Morgan fingerprint density at radius 1 is 1.24 bits per heavy atom. The van der Waals surface area contributed by atoms with E-state index in [0.717, 1.165) is 17.8 Å². The highest BCUT2D eigenvalue weighted by Gasteiger charge is 2.21. The molecule has 0 saturated heterocycles. The molecule has 6 heteroatoms. The Morgan fingerprint density at radius 3 is 2.96 bits per heavy atom. The Hall–Kier alpha value is -3.15. The maximum Gasteiger partial charge on any atom is 0.316 e. The number of para-hydroxylation sites is 1. The first-order chi connectivity index (χ1) is 12.3. The zero-order valence-corrected chi connectivity index (χ0v) is 14.2. The van der Waals surface area contributed by atoms with E-state index in [0.29, 0.717) is 6.01 Å². The van der Waals surface area contributed by atoms with Gasteiger partial charge in [0.25, 0.3) is 0 Å². The molecule has 1 atom stereocenters. The second-order valence-corrected chi connectivity index (χ2v) is 6.01. The van der Waals surface area contributed by atoms with Crippen molar-refractivity contribution in [2.45, 2.75) is 12.3 Å². The lowest BCUT2D eigenvalue weighted by Crippen LogP contribution is -2.09. The van der Waals surface area contributed by atoms with E-state index in [-0.39, 0.29) is 5.92 Å². The first-order valence-corrected chi connectivity index (χ1v) is 8.14. The summed E-state index contributed by atoms with van der Waals surface area (Å²) < 4.78 is 7.32. The molecule has 126 valence electrons. The first-order valence-electron chi connectivity index (χ1n) is 8.14. The highest BCUT2D eigenvalue weighted by atomic mass is 16.5. The number of nitrogens with one attached hydrogen (secondary N) is 1. The van der Waals surface area contributed by atoms with Crippen LogP contribution in [0.5, 0.6) is 6.01 Å². The minimum absolute atomic E-state index is 0.111. The third-order valence-electron chi connectivity index (χ3n) is 4.49. The molecular formula is C19H19N5O. The summed E-state index contributed by atoms with van der Waals surface area (Å²) in [6.07, 6.45) is 8.14. The van der Waals surface area contributed by atoms with Crippen LogP contribution < -0.4 is 4.74 Å². The quantitative estimate of drug-likeness (QED) is 0.609. The Kier molecular flexibility index (Phi) is 3.93. The van der Waals surface area contributed by atoms with Gasteiger partial charge in [0.1, 0.15) is 0 Å². The minimum atomic E-state index is 0.111. The van der Waals surface area contributed by atoms with Gasteiger partial charge < -0.3 is 14.3 Å². The summed E-state index contributed by atoms with van der Waals surface area (Å²) in [5.41, 5.74) is 4.46. The highest BCUT2D eigenvalue weighted by Crippen LogP contribution is 2.32. The average molecular weight is 333 g/mol. The number of rotatable bonds is 5. The Bertz CT molecular complexity index is 990. The van der Waals surface area contributed by atoms with Gasteiger partial charge in [-0.25, -0.2) is 15.0 Å². The molecule has 0 amide bonds. The molecule has 1 aromatic carbocycles. The van der Waals surface area contributed by atoms with Crippen LogP contribution in [0.4, 0.5) is 0 Å². The van der Waals surface area contributed by atoms with Gasteiger partial charge in [-0.2, -0.15) is 0 Å². The number of aryl methyl sites for hydroxylation is 1. The standard InChI is InChI=1S/C19H19N5O/c1-24-9-7-13-4-3-5-15(18(13)24)16(17-11-20-12-22-17)10-14-6-8-21-19(23-14)25-2/h3-9,11-12,16H,10H2,1-2H3,(H,20,22)/t16-/m1/s1. The fraction of sp³-hybridized carbons (Fsp3) is 0.211. The number of ether oxygens (including phenoxy) is 1. The van der Waals surface area contributed by atoms with Crippen molar-refractivity contribution >= 4 is 10.9 Å². The number of H-pyrrole nitrogens is 1. The molecule has 0 aliphatic carbocycles. The lowest BCUT2D eigenvalue weighted by molar-refractivity contribution is 0.377. The molecule has 4 rings (SSSR count). The summed E-state index contributed by atoms with van der Waals surface area (Å²) >= 11 is 0. The van der Waals surface area contributed by atoms with Crippen LogP contribution in [0.1, 0.15) is 22.9 Å². The van der Waals surface area contributed by atoms with Gasteiger partial charge in [-0.1, -0.05) is 18.2 Å². The smallest absolute Gasteiger partial charge is 0.316 e. The molecule has 0 radical (unpaired) electrons. The molecule has 0 saturated carbocycles. The van der Waals surface area contributed by atoms with Gasteiger partial charge in [-0.05, 0) is 23.1 Å². The molecule has 0 aliphatic heterocycles. The van der Waals surface area contributed by atoms with Gasteiger partial charge in [0.15, 0.2) is 0 Å². The Labute approximate surface area is 145 Å². The third-order valence-corrected chi connectivity index (χ3v) is 4.49. The molecule has 0 unspecified atom stereocenters. The predicted octanol–water partition coefficient (Wildman–Crippen LogP) is 3.07. The van der Waals surface area contributed by atoms with Gasteiger partial charge in [0.2, 0.25) is 0 Å². The van der Waals surface area contributed by atoms with E-state index in [2.05, 4.69) is 62.0 Å². The van der Waals surface area contributed by atoms with Crippen LogP contribution in [0, 0.1) is 0 Å². The summed E-state index contributed by atoms with van der Waals surface area (Å²) in [6, 6.07) is 10.9. The largest absolute Gasteiger partial charge is 0.467 e. The fourth-order valence-corrected chi connectivity index (χ4v) is 3.31. The third kappa shape index (κ3) is 2.87. The number of fused-ring (bicyclic) bond motifs is 1. The fourth-order valence-electron chi connectivity index (χ4n) is 3.31. The molecule has 1 N–H and O–H groups in total. The van der Waals surface area contributed by atoms with Crippen molar-refractivity contribution in [2.24, 2.45) is 7.05 Å². The molecule has 0 spiro atoms. The van der Waals surface area contributed by atoms with E-state index in [1.54, 1.807) is 19.6 Å². The van der Waals surface area contributed by atoms with Crippen molar-refractivity contribution in [1.29, 1.82) is 0 Å². The van der Waals surface area contributed by atoms with Gasteiger partial charge in [0.05, 0.1) is 19.0 Å². The van der Waals surface area contributed by atoms with Crippen LogP contribution in [0.15, 0.2) is 55.2 Å². The maximum absolute atomic E-state index is 5.16. The van der Waals surface area contributed by atoms with E-state index in [1.807, 2.05) is 12.3 Å². The second kappa shape index (κ2) is 6.39. The van der Waals surface area contributed by atoms with Gasteiger partial charge in [-0.3, -0.25) is 0 Å². The molecule has 3 aromatic heterocycles. The van der Waals surface area contributed by atoms with E-state index in [9.17, 15) is 0 Å². The van der Waals surface area contributed by atoms with Crippen molar-refractivity contribution in [3.05, 3.63) is 72.2 Å². The average Bonchev–Trinajstić information content (AvgIpc) is 3.30. The number of aromatic amines is 1. The number of hydrogen-bond acceptors (Lipinski definition) is 4. The lowest BCUT2D eigenvalue weighted by atomic mass is 9.90. The zero-order chi connectivity index (χ0) is 17.2. The number of methoxy groups -OCH3 is 1. The Morgan fingerprint density at radius 2 is 2.16 bits per heavy atom. The van der Waals surface area contributed by atoms with Gasteiger partial charge in [0, 0.05) is 49.4 Å². The monoisotopic (exact) mass is 333 g/mol. The van der Waals surface area contributed by atoms with Crippen molar-refractivity contribution in [3.63, 3.8) is 0 Å². The van der Waals surface area contributed by atoms with Crippen LogP contribution in [-0.4, -0.2) is 31.6 Å². The summed E-state index contributed by atoms with van der Waals surface area (Å²) in [7, 11) is 3.65. The van der Waals surface area contributed by atoms with Crippen LogP contribution in [0.3, 0.4) is 0 Å². The molecule has 0 bridgehead atoms. The maximum atomic E-state index is 5.16. The van der Waals surface area contributed by atoms with Crippen molar-refractivity contribution in [3.8, 4) is 6.01 Å². The van der Waals surface area contributed by atoms with E-state index in [1.165, 1.54) is 16.5 Å².